The summed E-state index contributed by atoms with van der Waals surface area (Å²) in [5, 5.41) is 2.84. The number of nitrogens with two attached hydrogens (primary N) is 2. The van der Waals surface area contributed by atoms with Gasteiger partial charge in [0, 0.05) is 18.0 Å². The minimum Gasteiger partial charge on any atom is -0.377 e. The summed E-state index contributed by atoms with van der Waals surface area (Å²) >= 11 is 0. The van der Waals surface area contributed by atoms with E-state index in [4.69, 9.17) is 16.2 Å². The first-order chi connectivity index (χ1) is 14.5. The largest absolute Gasteiger partial charge is 0.377 e. The first-order valence-corrected chi connectivity index (χ1v) is 9.21. The third-order valence-corrected chi connectivity index (χ3v) is 4.96. The summed E-state index contributed by atoms with van der Waals surface area (Å²) in [4.78, 5) is 33.4. The lowest BCUT2D eigenvalue weighted by molar-refractivity contribution is -0.120. The standard InChI is InChI=1S/C19H18N8O3/c20-17(28)15-16(18(21)29)27(24-26(15)12-9-30-10-12)14-6-7-25-8-13(22-19(25)23-14)11-4-2-1-3-5-11/h1-8,12,24H,9-10H2,(H2,20,28)(H2,21,29). The molecule has 0 radical (unpaired) electrons. The maximum Gasteiger partial charge on any atom is 0.269 e. The molecule has 3 aromatic rings. The van der Waals surface area contributed by atoms with Gasteiger partial charge in [-0.25, -0.2) is 9.99 Å². The zero-order valence-electron chi connectivity index (χ0n) is 15.7. The van der Waals surface area contributed by atoms with Crippen LogP contribution in [0.3, 0.4) is 0 Å². The Morgan fingerprint density at radius 1 is 1.03 bits per heavy atom. The second-order valence-corrected chi connectivity index (χ2v) is 6.91. The molecule has 0 spiro atoms. The first-order valence-electron chi connectivity index (χ1n) is 9.21. The van der Waals surface area contributed by atoms with E-state index in [0.29, 0.717) is 24.8 Å². The van der Waals surface area contributed by atoms with E-state index >= 15 is 0 Å². The summed E-state index contributed by atoms with van der Waals surface area (Å²) in [7, 11) is 0. The van der Waals surface area contributed by atoms with Crippen LogP contribution in [-0.4, -0.2) is 50.4 Å². The van der Waals surface area contributed by atoms with Crippen molar-refractivity contribution in [2.45, 2.75) is 6.04 Å². The Bertz CT molecular complexity index is 1180. The second-order valence-electron chi connectivity index (χ2n) is 6.91. The number of carbonyl (C=O) groups is 2. The number of amides is 2. The zero-order valence-corrected chi connectivity index (χ0v) is 15.7. The number of nitrogens with zero attached hydrogens (tertiary/aromatic N) is 5. The monoisotopic (exact) mass is 406 g/mol. The molecule has 2 aromatic heterocycles. The van der Waals surface area contributed by atoms with E-state index in [9.17, 15) is 9.59 Å². The number of benzene rings is 1. The van der Waals surface area contributed by atoms with Crippen LogP contribution in [0.5, 0.6) is 0 Å². The molecule has 5 rings (SSSR count). The van der Waals surface area contributed by atoms with Gasteiger partial charge >= 0.3 is 0 Å². The predicted octanol–water partition coefficient (Wildman–Crippen LogP) is -0.481. The van der Waals surface area contributed by atoms with Crippen LogP contribution in [0, 0.1) is 0 Å². The fraction of sp³-hybridized carbons (Fsp3) is 0.158. The van der Waals surface area contributed by atoms with Gasteiger partial charge in [-0.15, -0.1) is 5.53 Å². The summed E-state index contributed by atoms with van der Waals surface area (Å²) < 4.78 is 6.96. The smallest absolute Gasteiger partial charge is 0.269 e. The van der Waals surface area contributed by atoms with Crippen molar-refractivity contribution in [3.63, 3.8) is 0 Å². The third kappa shape index (κ3) is 2.84. The van der Waals surface area contributed by atoms with Crippen molar-refractivity contribution in [1.29, 1.82) is 0 Å². The molecule has 0 bridgehead atoms. The van der Waals surface area contributed by atoms with Gasteiger partial charge in [0.1, 0.15) is 0 Å². The lowest BCUT2D eigenvalue weighted by Gasteiger charge is -2.36. The first kappa shape index (κ1) is 18.1. The lowest BCUT2D eigenvalue weighted by atomic mass is 10.2. The Morgan fingerprint density at radius 2 is 1.77 bits per heavy atom. The van der Waals surface area contributed by atoms with Crippen molar-refractivity contribution in [2.75, 3.05) is 18.2 Å². The molecule has 1 aromatic carbocycles. The Kier molecular flexibility index (Phi) is 4.12. The van der Waals surface area contributed by atoms with Gasteiger partial charge in [-0.2, -0.15) is 4.98 Å². The molecule has 0 atom stereocenters. The van der Waals surface area contributed by atoms with Crippen molar-refractivity contribution < 1.29 is 14.3 Å². The number of ether oxygens (including phenoxy) is 1. The van der Waals surface area contributed by atoms with Gasteiger partial charge in [-0.1, -0.05) is 30.3 Å². The van der Waals surface area contributed by atoms with Crippen LogP contribution in [0.25, 0.3) is 17.0 Å². The second kappa shape index (κ2) is 6.83. The molecule has 0 unspecified atom stereocenters. The molecule has 2 amide bonds. The Labute approximate surface area is 170 Å². The highest BCUT2D eigenvalue weighted by molar-refractivity contribution is 6.06. The van der Waals surface area contributed by atoms with Gasteiger partial charge in [0.15, 0.2) is 17.2 Å². The van der Waals surface area contributed by atoms with Crippen LogP contribution in [-0.2, 0) is 14.3 Å². The summed E-state index contributed by atoms with van der Waals surface area (Å²) in [5.74, 6) is -0.834. The number of aromatic nitrogens is 3. The quantitative estimate of drug-likeness (QED) is 0.515. The minimum atomic E-state index is -0.811. The van der Waals surface area contributed by atoms with Gasteiger partial charge < -0.3 is 16.2 Å². The van der Waals surface area contributed by atoms with Crippen molar-refractivity contribution in [3.05, 3.63) is 60.2 Å². The minimum absolute atomic E-state index is 0.0224. The van der Waals surface area contributed by atoms with E-state index in [0.717, 1.165) is 11.3 Å². The van der Waals surface area contributed by atoms with E-state index in [1.807, 2.05) is 36.5 Å². The number of anilines is 1. The lowest BCUT2D eigenvalue weighted by Crippen LogP contribution is -2.56. The zero-order chi connectivity index (χ0) is 20.8. The van der Waals surface area contributed by atoms with Crippen LogP contribution < -0.4 is 22.0 Å². The highest BCUT2D eigenvalue weighted by atomic mass is 16.5. The average Bonchev–Trinajstić information content (AvgIpc) is 3.28. The maximum atomic E-state index is 12.2. The van der Waals surface area contributed by atoms with Gasteiger partial charge in [0.25, 0.3) is 11.8 Å². The van der Waals surface area contributed by atoms with E-state index in [1.165, 1.54) is 10.0 Å². The predicted molar refractivity (Wildman–Crippen MR) is 106 cm³/mol. The number of rotatable bonds is 5. The number of hydrogen-bond donors (Lipinski definition) is 3. The fourth-order valence-electron chi connectivity index (χ4n) is 3.43. The SMILES string of the molecule is NC(=O)C1=C(C(N)=O)N(C2COC2)NN1c1ccn2cc(-c3ccccc3)nc2n1. The van der Waals surface area contributed by atoms with Crippen molar-refractivity contribution in [1.82, 2.24) is 24.9 Å². The maximum absolute atomic E-state index is 12.2. The molecular weight excluding hydrogens is 388 g/mol. The molecule has 2 aliphatic heterocycles. The number of nitrogens with one attached hydrogen (secondary N) is 1. The van der Waals surface area contributed by atoms with Crippen molar-refractivity contribution in [2.24, 2.45) is 11.5 Å². The normalized spacial score (nSPS) is 16.9. The van der Waals surface area contributed by atoms with E-state index < -0.39 is 11.8 Å². The summed E-state index contributed by atoms with van der Waals surface area (Å²) in [5.41, 5.74) is 15.7. The van der Waals surface area contributed by atoms with Crippen molar-refractivity contribution in [3.8, 4) is 11.3 Å². The number of imidazole rings is 1. The molecule has 0 saturated carbocycles. The van der Waals surface area contributed by atoms with Crippen LogP contribution in [0.15, 0.2) is 60.2 Å². The summed E-state index contributed by atoms with van der Waals surface area (Å²) in [6.45, 7) is 0.771. The Balaban J connectivity index is 1.56. The molecule has 5 N–H and O–H groups in total. The van der Waals surface area contributed by atoms with Crippen LogP contribution >= 0.6 is 0 Å². The molecule has 1 fully saturated rings. The average molecular weight is 406 g/mol. The van der Waals surface area contributed by atoms with Crippen molar-refractivity contribution >= 4 is 23.4 Å². The topological polar surface area (TPSA) is 144 Å². The summed E-state index contributed by atoms with van der Waals surface area (Å²) in [6.07, 6.45) is 3.62. The Hall–Kier alpha value is -3.96. The molecular formula is C19H18N8O3. The number of carbonyl (C=O) groups excluding carboxylic acids is 2. The van der Waals surface area contributed by atoms with Crippen LogP contribution in [0.1, 0.15) is 0 Å². The molecule has 152 valence electrons. The van der Waals surface area contributed by atoms with E-state index in [1.54, 1.807) is 16.7 Å². The summed E-state index contributed by atoms with van der Waals surface area (Å²) in [6, 6.07) is 11.2. The van der Waals surface area contributed by atoms with E-state index in [-0.39, 0.29) is 17.4 Å². The van der Waals surface area contributed by atoms with Gasteiger partial charge in [0.2, 0.25) is 5.78 Å². The number of fused-ring (bicyclic) bond motifs is 1. The molecule has 2 aliphatic rings. The number of hydrazine groups is 2. The fourth-order valence-corrected chi connectivity index (χ4v) is 3.43. The molecule has 11 heteroatoms. The highest BCUT2D eigenvalue weighted by Gasteiger charge is 2.42. The van der Waals surface area contributed by atoms with Crippen LogP contribution in [0.4, 0.5) is 5.82 Å². The Morgan fingerprint density at radius 3 is 2.40 bits per heavy atom. The van der Waals surface area contributed by atoms with Gasteiger partial charge in [-0.05, 0) is 6.07 Å². The van der Waals surface area contributed by atoms with Gasteiger partial charge in [-0.3, -0.25) is 19.0 Å². The molecule has 4 heterocycles. The van der Waals surface area contributed by atoms with Gasteiger partial charge in [0.05, 0.1) is 24.9 Å². The van der Waals surface area contributed by atoms with E-state index in [2.05, 4.69) is 15.5 Å². The number of hydrogen-bond acceptors (Lipinski definition) is 8. The molecule has 0 aliphatic carbocycles. The molecule has 1 saturated heterocycles. The third-order valence-electron chi connectivity index (χ3n) is 4.96. The number of primary amides is 2. The van der Waals surface area contributed by atoms with Crippen LogP contribution in [0.2, 0.25) is 0 Å². The molecule has 11 nitrogen and oxygen atoms in total. The molecule has 30 heavy (non-hydrogen) atoms. The highest BCUT2D eigenvalue weighted by Crippen LogP contribution is 2.29.